The van der Waals surface area contributed by atoms with Crippen LogP contribution in [0.2, 0.25) is 0 Å². The van der Waals surface area contributed by atoms with Gasteiger partial charge in [-0.05, 0) is 31.4 Å². The van der Waals surface area contributed by atoms with E-state index in [1.54, 1.807) is 0 Å². The Morgan fingerprint density at radius 3 is 2.21 bits per heavy atom. The third-order valence-electron chi connectivity index (χ3n) is 1.54. The molecule has 0 fully saturated rings. The maximum Gasteiger partial charge on any atom is 0.572 e. The van der Waals surface area contributed by atoms with Gasteiger partial charge in [-0.25, -0.2) is 0 Å². The first kappa shape index (κ1) is 13.1. The molecular formula is C10H15F3O. The van der Waals surface area contributed by atoms with E-state index in [-0.39, 0.29) is 5.76 Å². The Morgan fingerprint density at radius 2 is 1.86 bits per heavy atom. The summed E-state index contributed by atoms with van der Waals surface area (Å²) < 4.78 is 39.0. The SMILES string of the molecule is CC/C=C(\C=C(/C)OC(F)(F)F)CC. The molecule has 0 N–H and O–H groups in total. The van der Waals surface area contributed by atoms with E-state index in [0.717, 1.165) is 12.0 Å². The first-order chi connectivity index (χ1) is 6.39. The molecule has 0 aromatic rings. The van der Waals surface area contributed by atoms with Gasteiger partial charge in [-0.3, -0.25) is 0 Å². The monoisotopic (exact) mass is 208 g/mol. The van der Waals surface area contributed by atoms with E-state index in [9.17, 15) is 13.2 Å². The number of alkyl halides is 3. The molecule has 0 aromatic carbocycles. The van der Waals surface area contributed by atoms with Crippen LogP contribution in [-0.4, -0.2) is 6.36 Å². The summed E-state index contributed by atoms with van der Waals surface area (Å²) in [5.74, 6) is -0.126. The van der Waals surface area contributed by atoms with Crippen LogP contribution in [0.4, 0.5) is 13.2 Å². The number of allylic oxidation sites excluding steroid dienone is 4. The second-order valence-electron chi connectivity index (χ2n) is 2.84. The molecule has 0 rings (SSSR count). The van der Waals surface area contributed by atoms with Gasteiger partial charge in [0.25, 0.3) is 0 Å². The molecule has 0 aliphatic rings. The van der Waals surface area contributed by atoms with E-state index < -0.39 is 6.36 Å². The maximum absolute atomic E-state index is 11.8. The number of halogens is 3. The highest BCUT2D eigenvalue weighted by atomic mass is 19.4. The predicted octanol–water partition coefficient (Wildman–Crippen LogP) is 4.17. The Bertz CT molecular complexity index is 226. The Hall–Kier alpha value is -0.930. The molecule has 82 valence electrons. The summed E-state index contributed by atoms with van der Waals surface area (Å²) in [6.07, 6.45) is 0.206. The molecule has 0 amide bonds. The van der Waals surface area contributed by atoms with E-state index >= 15 is 0 Å². The lowest BCUT2D eigenvalue weighted by molar-refractivity contribution is -0.305. The molecule has 0 saturated carbocycles. The molecule has 0 saturated heterocycles. The largest absolute Gasteiger partial charge is 0.572 e. The topological polar surface area (TPSA) is 9.23 Å². The summed E-state index contributed by atoms with van der Waals surface area (Å²) in [6, 6.07) is 0. The van der Waals surface area contributed by atoms with Gasteiger partial charge in [-0.2, -0.15) is 0 Å². The first-order valence-electron chi connectivity index (χ1n) is 4.52. The smallest absolute Gasteiger partial charge is 0.411 e. The summed E-state index contributed by atoms with van der Waals surface area (Å²) >= 11 is 0. The summed E-state index contributed by atoms with van der Waals surface area (Å²) in [5, 5.41) is 0. The quantitative estimate of drug-likeness (QED) is 0.497. The second kappa shape index (κ2) is 5.73. The lowest BCUT2D eigenvalue weighted by Gasteiger charge is -2.09. The molecule has 0 aliphatic heterocycles. The zero-order valence-corrected chi connectivity index (χ0v) is 8.61. The number of ether oxygens (including phenoxy) is 1. The highest BCUT2D eigenvalue weighted by Gasteiger charge is 2.30. The average molecular weight is 208 g/mol. The summed E-state index contributed by atoms with van der Waals surface area (Å²) in [4.78, 5) is 0. The molecule has 0 bridgehead atoms. The van der Waals surface area contributed by atoms with Crippen molar-refractivity contribution in [3.63, 3.8) is 0 Å². The van der Waals surface area contributed by atoms with Crippen LogP contribution in [0.15, 0.2) is 23.5 Å². The van der Waals surface area contributed by atoms with Gasteiger partial charge in [0.1, 0.15) is 5.76 Å². The molecule has 0 unspecified atom stereocenters. The molecule has 4 heteroatoms. The van der Waals surface area contributed by atoms with Crippen LogP contribution in [0.5, 0.6) is 0 Å². The standard InChI is InChI=1S/C10H15F3O/c1-4-6-9(5-2)7-8(3)14-10(11,12)13/h6-7H,4-5H2,1-3H3/b8-7+,9-6-. The van der Waals surface area contributed by atoms with Crippen molar-refractivity contribution >= 4 is 0 Å². The molecule has 1 nitrogen and oxygen atoms in total. The van der Waals surface area contributed by atoms with E-state index in [0.29, 0.717) is 6.42 Å². The third kappa shape index (κ3) is 6.57. The fourth-order valence-electron chi connectivity index (χ4n) is 1.04. The maximum atomic E-state index is 11.8. The van der Waals surface area contributed by atoms with E-state index in [1.807, 2.05) is 19.9 Å². The lowest BCUT2D eigenvalue weighted by atomic mass is 10.1. The number of hydrogen-bond acceptors (Lipinski definition) is 1. The molecule has 0 aromatic heterocycles. The van der Waals surface area contributed by atoms with Crippen molar-refractivity contribution in [3.8, 4) is 0 Å². The minimum absolute atomic E-state index is 0.126. The van der Waals surface area contributed by atoms with Crippen molar-refractivity contribution < 1.29 is 17.9 Å². The molecule has 0 spiro atoms. The summed E-state index contributed by atoms with van der Waals surface area (Å²) in [6.45, 7) is 5.12. The molecule has 0 radical (unpaired) electrons. The minimum Gasteiger partial charge on any atom is -0.411 e. The van der Waals surface area contributed by atoms with Gasteiger partial charge in [0.15, 0.2) is 0 Å². The summed E-state index contributed by atoms with van der Waals surface area (Å²) in [7, 11) is 0. The van der Waals surface area contributed by atoms with Crippen LogP contribution in [0.1, 0.15) is 33.6 Å². The fourth-order valence-corrected chi connectivity index (χ4v) is 1.04. The molecule has 14 heavy (non-hydrogen) atoms. The van der Waals surface area contributed by atoms with Crippen molar-refractivity contribution in [2.75, 3.05) is 0 Å². The predicted molar refractivity (Wildman–Crippen MR) is 49.6 cm³/mol. The van der Waals surface area contributed by atoms with Crippen LogP contribution >= 0.6 is 0 Å². The van der Waals surface area contributed by atoms with Gasteiger partial charge in [-0.15, -0.1) is 13.2 Å². The van der Waals surface area contributed by atoms with Crippen LogP contribution in [-0.2, 0) is 4.74 Å². The lowest BCUT2D eigenvalue weighted by Crippen LogP contribution is -2.11. The zero-order chi connectivity index (χ0) is 11.2. The van der Waals surface area contributed by atoms with Gasteiger partial charge in [0, 0.05) is 0 Å². The summed E-state index contributed by atoms with van der Waals surface area (Å²) in [5.41, 5.74) is 0.856. The third-order valence-corrected chi connectivity index (χ3v) is 1.54. The fraction of sp³-hybridized carbons (Fsp3) is 0.600. The van der Waals surface area contributed by atoms with Crippen LogP contribution in [0.25, 0.3) is 0 Å². The molecule has 0 heterocycles. The Morgan fingerprint density at radius 1 is 1.29 bits per heavy atom. The Kier molecular flexibility index (Phi) is 5.35. The molecule has 0 aliphatic carbocycles. The van der Waals surface area contributed by atoms with Crippen LogP contribution in [0, 0.1) is 0 Å². The highest BCUT2D eigenvalue weighted by Crippen LogP contribution is 2.21. The van der Waals surface area contributed by atoms with Crippen molar-refractivity contribution in [3.05, 3.63) is 23.5 Å². The van der Waals surface area contributed by atoms with Crippen molar-refractivity contribution in [2.45, 2.75) is 40.0 Å². The van der Waals surface area contributed by atoms with Gasteiger partial charge in [0.05, 0.1) is 0 Å². The van der Waals surface area contributed by atoms with Gasteiger partial charge >= 0.3 is 6.36 Å². The number of rotatable bonds is 4. The average Bonchev–Trinajstić information content (AvgIpc) is 2.00. The molecule has 0 atom stereocenters. The van der Waals surface area contributed by atoms with Crippen LogP contribution < -0.4 is 0 Å². The Labute approximate surface area is 82.3 Å². The normalized spacial score (nSPS) is 14.4. The van der Waals surface area contributed by atoms with Crippen molar-refractivity contribution in [1.29, 1.82) is 0 Å². The minimum atomic E-state index is -4.59. The molecular weight excluding hydrogens is 193 g/mol. The second-order valence-corrected chi connectivity index (χ2v) is 2.84. The van der Waals surface area contributed by atoms with E-state index in [1.165, 1.54) is 13.0 Å². The van der Waals surface area contributed by atoms with Gasteiger partial charge in [0.2, 0.25) is 0 Å². The Balaban J connectivity index is 4.42. The first-order valence-corrected chi connectivity index (χ1v) is 4.52. The van der Waals surface area contributed by atoms with E-state index in [2.05, 4.69) is 4.74 Å². The highest BCUT2D eigenvalue weighted by molar-refractivity contribution is 5.19. The zero-order valence-electron chi connectivity index (χ0n) is 8.61. The van der Waals surface area contributed by atoms with Crippen molar-refractivity contribution in [2.24, 2.45) is 0 Å². The van der Waals surface area contributed by atoms with Crippen molar-refractivity contribution in [1.82, 2.24) is 0 Å². The van der Waals surface area contributed by atoms with Gasteiger partial charge in [-0.1, -0.05) is 19.9 Å². The van der Waals surface area contributed by atoms with E-state index in [4.69, 9.17) is 0 Å². The number of hydrogen-bond donors (Lipinski definition) is 0. The van der Waals surface area contributed by atoms with Gasteiger partial charge < -0.3 is 4.74 Å². The van der Waals surface area contributed by atoms with Crippen LogP contribution in [0.3, 0.4) is 0 Å².